The van der Waals surface area contributed by atoms with Crippen molar-refractivity contribution in [3.63, 3.8) is 0 Å². The zero-order chi connectivity index (χ0) is 23.2. The second-order valence-corrected chi connectivity index (χ2v) is 7.73. The number of rotatable bonds is 8. The highest BCUT2D eigenvalue weighted by Crippen LogP contribution is 2.38. The summed E-state index contributed by atoms with van der Waals surface area (Å²) >= 11 is 1.32. The Kier molecular flexibility index (Phi) is 6.60. The van der Waals surface area contributed by atoms with E-state index in [1.807, 2.05) is 24.3 Å². The van der Waals surface area contributed by atoms with Crippen molar-refractivity contribution in [2.45, 2.75) is 9.79 Å². The van der Waals surface area contributed by atoms with Crippen LogP contribution in [-0.4, -0.2) is 44.2 Å². The average molecular weight is 465 g/mol. The number of tetrazole rings is 1. The Labute approximate surface area is 191 Å². The van der Waals surface area contributed by atoms with Gasteiger partial charge in [0.2, 0.25) is 0 Å². The van der Waals surface area contributed by atoms with Crippen molar-refractivity contribution in [1.29, 1.82) is 0 Å². The molecular weight excluding hydrogens is 449 g/mol. The van der Waals surface area contributed by atoms with Gasteiger partial charge in [-0.05, 0) is 65.0 Å². The summed E-state index contributed by atoms with van der Waals surface area (Å²) in [6, 6.07) is 17.5. The fourth-order valence-corrected chi connectivity index (χ4v) is 3.89. The van der Waals surface area contributed by atoms with Crippen LogP contribution in [0.2, 0.25) is 0 Å². The Balaban J connectivity index is 1.55. The molecule has 1 aromatic heterocycles. The molecule has 3 N–H and O–H groups in total. The maximum absolute atomic E-state index is 14.0. The van der Waals surface area contributed by atoms with Gasteiger partial charge in [0.15, 0.2) is 12.4 Å². The number of carboxylic acids is 1. The molecule has 166 valence electrons. The van der Waals surface area contributed by atoms with Crippen molar-refractivity contribution in [3.05, 3.63) is 78.1 Å². The van der Waals surface area contributed by atoms with Crippen molar-refractivity contribution in [2.24, 2.45) is 0 Å². The first-order valence-corrected chi connectivity index (χ1v) is 10.4. The standard InChI is InChI=1S/C22H16FN5O4S/c23-14-7-10-19(33-18-4-2-1-3-16(18)21-25-27-28-26-21)17(11-14)24-22(31)13-5-8-15(9-6-13)32-12-20(29)30/h1-11H,12H2,(H,24,31)(H,29,30)(H,25,26,27,28). The minimum atomic E-state index is -1.10. The summed E-state index contributed by atoms with van der Waals surface area (Å²) < 4.78 is 19.1. The summed E-state index contributed by atoms with van der Waals surface area (Å²) in [5.41, 5.74) is 1.35. The summed E-state index contributed by atoms with van der Waals surface area (Å²) in [5, 5.41) is 25.3. The monoisotopic (exact) mass is 465 g/mol. The number of nitrogens with one attached hydrogen (secondary N) is 2. The molecule has 0 spiro atoms. The minimum Gasteiger partial charge on any atom is -0.482 e. The molecule has 0 unspecified atom stereocenters. The highest BCUT2D eigenvalue weighted by molar-refractivity contribution is 7.99. The summed E-state index contributed by atoms with van der Waals surface area (Å²) in [5.74, 6) is -1.26. The van der Waals surface area contributed by atoms with Crippen LogP contribution < -0.4 is 10.1 Å². The average Bonchev–Trinajstić information content (AvgIpc) is 3.35. The van der Waals surface area contributed by atoms with Crippen LogP contribution in [0.3, 0.4) is 0 Å². The van der Waals surface area contributed by atoms with Gasteiger partial charge in [-0.15, -0.1) is 5.10 Å². The van der Waals surface area contributed by atoms with Gasteiger partial charge < -0.3 is 15.2 Å². The number of H-pyrrole nitrogens is 1. The van der Waals surface area contributed by atoms with Gasteiger partial charge in [0, 0.05) is 20.9 Å². The number of anilines is 1. The lowest BCUT2D eigenvalue weighted by Crippen LogP contribution is -2.13. The summed E-state index contributed by atoms with van der Waals surface area (Å²) in [6.45, 7) is -0.485. The van der Waals surface area contributed by atoms with E-state index < -0.39 is 24.3 Å². The van der Waals surface area contributed by atoms with Gasteiger partial charge in [-0.2, -0.15) is 0 Å². The van der Waals surface area contributed by atoms with Gasteiger partial charge >= 0.3 is 5.97 Å². The molecule has 4 aromatic rings. The van der Waals surface area contributed by atoms with E-state index in [9.17, 15) is 14.0 Å². The van der Waals surface area contributed by atoms with Crippen LogP contribution in [0.4, 0.5) is 10.1 Å². The van der Waals surface area contributed by atoms with Crippen LogP contribution in [0.5, 0.6) is 5.75 Å². The second kappa shape index (κ2) is 9.92. The number of benzene rings is 3. The number of aromatic amines is 1. The Morgan fingerprint density at radius 1 is 1.06 bits per heavy atom. The third-order valence-corrected chi connectivity index (χ3v) is 5.53. The van der Waals surface area contributed by atoms with Crippen LogP contribution in [0, 0.1) is 5.82 Å². The van der Waals surface area contributed by atoms with E-state index >= 15 is 0 Å². The van der Waals surface area contributed by atoms with Gasteiger partial charge in [0.05, 0.1) is 5.69 Å². The fraction of sp³-hybridized carbons (Fsp3) is 0.0455. The van der Waals surface area contributed by atoms with Crippen molar-refractivity contribution in [3.8, 4) is 17.1 Å². The molecule has 0 aliphatic heterocycles. The lowest BCUT2D eigenvalue weighted by Gasteiger charge is -2.13. The molecule has 1 heterocycles. The second-order valence-electron chi connectivity index (χ2n) is 6.65. The number of halogens is 1. The Morgan fingerprint density at radius 3 is 2.58 bits per heavy atom. The number of amides is 1. The maximum atomic E-state index is 14.0. The molecule has 0 saturated heterocycles. The van der Waals surface area contributed by atoms with Crippen LogP contribution in [-0.2, 0) is 4.79 Å². The predicted molar refractivity (Wildman–Crippen MR) is 118 cm³/mol. The number of aromatic nitrogens is 4. The molecule has 0 atom stereocenters. The topological polar surface area (TPSA) is 130 Å². The molecule has 0 radical (unpaired) electrons. The molecular formula is C22H16FN5O4S. The number of hydrogen-bond donors (Lipinski definition) is 3. The van der Waals surface area contributed by atoms with E-state index in [0.29, 0.717) is 27.7 Å². The predicted octanol–water partition coefficient (Wildman–Crippen LogP) is 3.87. The van der Waals surface area contributed by atoms with Crippen LogP contribution >= 0.6 is 11.8 Å². The van der Waals surface area contributed by atoms with Gasteiger partial charge in [-0.3, -0.25) is 4.79 Å². The molecule has 0 aliphatic carbocycles. The SMILES string of the molecule is O=C(O)COc1ccc(C(=O)Nc2cc(F)ccc2Sc2ccccc2-c2nnn[nH]2)cc1. The Hall–Kier alpha value is -4.25. The van der Waals surface area contributed by atoms with E-state index in [2.05, 4.69) is 25.9 Å². The number of nitrogens with zero attached hydrogens (tertiary/aromatic N) is 3. The van der Waals surface area contributed by atoms with E-state index in [1.165, 1.54) is 48.2 Å². The van der Waals surface area contributed by atoms with E-state index in [1.54, 1.807) is 6.07 Å². The third-order valence-electron chi connectivity index (χ3n) is 4.38. The molecule has 9 nitrogen and oxygen atoms in total. The highest BCUT2D eigenvalue weighted by atomic mass is 32.2. The lowest BCUT2D eigenvalue weighted by molar-refractivity contribution is -0.139. The zero-order valence-electron chi connectivity index (χ0n) is 16.9. The van der Waals surface area contributed by atoms with Gasteiger partial charge in [0.25, 0.3) is 5.91 Å². The van der Waals surface area contributed by atoms with Gasteiger partial charge in [-0.25, -0.2) is 14.3 Å². The largest absolute Gasteiger partial charge is 0.482 e. The first-order chi connectivity index (χ1) is 16.0. The molecule has 0 bridgehead atoms. The third kappa shape index (κ3) is 5.52. The van der Waals surface area contributed by atoms with Gasteiger partial charge in [0.1, 0.15) is 11.6 Å². The van der Waals surface area contributed by atoms with Crippen LogP contribution in [0.15, 0.2) is 76.5 Å². The fourth-order valence-electron chi connectivity index (χ4n) is 2.87. The van der Waals surface area contributed by atoms with Crippen molar-refractivity contribution < 1.29 is 23.8 Å². The molecule has 4 rings (SSSR count). The van der Waals surface area contributed by atoms with E-state index in [4.69, 9.17) is 9.84 Å². The molecule has 11 heteroatoms. The van der Waals surface area contributed by atoms with E-state index in [0.717, 1.165) is 10.5 Å². The molecule has 33 heavy (non-hydrogen) atoms. The lowest BCUT2D eigenvalue weighted by atomic mass is 10.2. The molecule has 0 aliphatic rings. The Bertz CT molecular complexity index is 1280. The highest BCUT2D eigenvalue weighted by Gasteiger charge is 2.15. The summed E-state index contributed by atoms with van der Waals surface area (Å²) in [4.78, 5) is 24.8. The number of ether oxygens (including phenoxy) is 1. The smallest absolute Gasteiger partial charge is 0.341 e. The first-order valence-electron chi connectivity index (χ1n) is 9.56. The number of carboxylic acid groups (broad SMARTS) is 1. The number of aliphatic carboxylic acids is 1. The van der Waals surface area contributed by atoms with Crippen LogP contribution in [0.1, 0.15) is 10.4 Å². The maximum Gasteiger partial charge on any atom is 0.341 e. The molecule has 1 amide bonds. The zero-order valence-corrected chi connectivity index (χ0v) is 17.7. The molecule has 0 saturated carbocycles. The summed E-state index contributed by atoms with van der Waals surface area (Å²) in [6.07, 6.45) is 0. The first kappa shape index (κ1) is 22.0. The van der Waals surface area contributed by atoms with Crippen molar-refractivity contribution >= 4 is 29.3 Å². The van der Waals surface area contributed by atoms with Crippen molar-refractivity contribution in [1.82, 2.24) is 20.6 Å². The molecule has 0 fully saturated rings. The quantitative estimate of drug-likeness (QED) is 0.358. The van der Waals surface area contributed by atoms with Gasteiger partial charge in [-0.1, -0.05) is 23.9 Å². The number of hydrogen-bond acceptors (Lipinski definition) is 7. The number of carbonyl (C=O) groups is 2. The minimum absolute atomic E-state index is 0.293. The Morgan fingerprint density at radius 2 is 1.85 bits per heavy atom. The van der Waals surface area contributed by atoms with E-state index in [-0.39, 0.29) is 0 Å². The number of carbonyl (C=O) groups excluding carboxylic acids is 1. The summed E-state index contributed by atoms with van der Waals surface area (Å²) in [7, 11) is 0. The normalized spacial score (nSPS) is 10.6. The molecule has 3 aromatic carbocycles. The van der Waals surface area contributed by atoms with Crippen LogP contribution in [0.25, 0.3) is 11.4 Å². The van der Waals surface area contributed by atoms with Crippen molar-refractivity contribution in [2.75, 3.05) is 11.9 Å².